The highest BCUT2D eigenvalue weighted by Gasteiger charge is 2.29. The van der Waals surface area contributed by atoms with Crippen molar-refractivity contribution in [1.29, 1.82) is 0 Å². The van der Waals surface area contributed by atoms with Gasteiger partial charge >= 0.3 is 0 Å². The number of aromatic nitrogens is 3. The molecule has 0 bridgehead atoms. The van der Waals surface area contributed by atoms with Crippen molar-refractivity contribution >= 4 is 44.9 Å². The molecule has 0 atom stereocenters. The number of carbonyl (C=O) groups excluding carboxylic acids is 1. The van der Waals surface area contributed by atoms with E-state index in [4.69, 9.17) is 16.6 Å². The second kappa shape index (κ2) is 8.79. The van der Waals surface area contributed by atoms with E-state index in [-0.39, 0.29) is 0 Å². The Morgan fingerprint density at radius 3 is 2.68 bits per heavy atom. The van der Waals surface area contributed by atoms with Crippen molar-refractivity contribution in [2.75, 3.05) is 25.0 Å². The molecular weight excluding hydrogens is 478 g/mol. The van der Waals surface area contributed by atoms with E-state index >= 15 is 0 Å². The first-order chi connectivity index (χ1) is 15.1. The molecule has 1 aromatic carbocycles. The normalized spacial score (nSPS) is 17.3. The van der Waals surface area contributed by atoms with Gasteiger partial charge in [0.25, 0.3) is 0 Å². The monoisotopic (exact) mass is 501 g/mol. The summed E-state index contributed by atoms with van der Waals surface area (Å²) in [5, 5.41) is 8.72. The number of nitrogens with zero attached hydrogens (tertiary/aromatic N) is 4. The van der Waals surface area contributed by atoms with E-state index in [1.165, 1.54) is 12.8 Å². The number of nitrogens with one attached hydrogen (secondary N) is 1. The molecule has 1 amide bonds. The summed E-state index contributed by atoms with van der Waals surface area (Å²) in [4.78, 5) is 19.2. The van der Waals surface area contributed by atoms with Gasteiger partial charge in [-0.2, -0.15) is 9.61 Å². The zero-order chi connectivity index (χ0) is 21.4. The molecule has 1 saturated carbocycles. The van der Waals surface area contributed by atoms with Gasteiger partial charge in [-0.15, -0.1) is 0 Å². The maximum absolute atomic E-state index is 12.4. The first kappa shape index (κ1) is 20.8. The van der Waals surface area contributed by atoms with Gasteiger partial charge in [0.15, 0.2) is 5.65 Å². The van der Waals surface area contributed by atoms with E-state index in [0.29, 0.717) is 22.8 Å². The van der Waals surface area contributed by atoms with Crippen LogP contribution in [-0.4, -0.2) is 45.0 Å². The molecule has 0 unspecified atom stereocenters. The Morgan fingerprint density at radius 1 is 1.16 bits per heavy atom. The highest BCUT2D eigenvalue weighted by molar-refractivity contribution is 9.10. The van der Waals surface area contributed by atoms with Gasteiger partial charge in [0.05, 0.1) is 16.4 Å². The van der Waals surface area contributed by atoms with Crippen LogP contribution in [0.25, 0.3) is 16.9 Å². The van der Waals surface area contributed by atoms with E-state index in [9.17, 15) is 4.79 Å². The van der Waals surface area contributed by atoms with Gasteiger partial charge in [-0.25, -0.2) is 4.98 Å². The van der Waals surface area contributed by atoms with Crippen LogP contribution in [0.2, 0.25) is 5.02 Å². The number of benzene rings is 1. The minimum Gasteiger partial charge on any atom is -0.370 e. The largest absolute Gasteiger partial charge is 0.370 e. The molecule has 1 aliphatic carbocycles. The molecule has 1 N–H and O–H groups in total. The molecular formula is C23H25BrClN5O. The molecule has 3 heterocycles. The van der Waals surface area contributed by atoms with Gasteiger partial charge < -0.3 is 10.2 Å². The predicted molar refractivity (Wildman–Crippen MR) is 126 cm³/mol. The first-order valence-electron chi connectivity index (χ1n) is 10.9. The standard InChI is InChI=1S/C23H25BrClN5O/c24-18-14-27-30-21(12-20(28-23(18)30)17-3-1-2-4-19(17)25)26-13-16-7-9-29(10-8-16)22(31)11-15-5-6-15/h1-4,12,14-16,26H,5-11,13H2. The number of piperidine rings is 1. The second-order valence-corrected chi connectivity index (χ2v) is 9.85. The Morgan fingerprint density at radius 2 is 1.94 bits per heavy atom. The molecule has 2 aliphatic rings. The van der Waals surface area contributed by atoms with Crippen molar-refractivity contribution in [1.82, 2.24) is 19.5 Å². The van der Waals surface area contributed by atoms with Crippen LogP contribution in [0, 0.1) is 11.8 Å². The summed E-state index contributed by atoms with van der Waals surface area (Å²) in [6.45, 7) is 2.56. The Labute approximate surface area is 195 Å². The molecule has 1 saturated heterocycles. The van der Waals surface area contributed by atoms with Gasteiger partial charge in [-0.05, 0) is 59.5 Å². The lowest BCUT2D eigenvalue weighted by Gasteiger charge is -2.32. The summed E-state index contributed by atoms with van der Waals surface area (Å²) < 4.78 is 2.66. The maximum atomic E-state index is 12.4. The molecule has 31 heavy (non-hydrogen) atoms. The minimum absolute atomic E-state index is 0.343. The minimum atomic E-state index is 0.343. The number of hydrogen-bond donors (Lipinski definition) is 1. The van der Waals surface area contributed by atoms with E-state index in [1.54, 1.807) is 6.20 Å². The van der Waals surface area contributed by atoms with Crippen molar-refractivity contribution in [3.8, 4) is 11.3 Å². The van der Waals surface area contributed by atoms with Gasteiger partial charge in [0.2, 0.25) is 5.91 Å². The predicted octanol–water partition coefficient (Wildman–Crippen LogP) is 5.26. The van der Waals surface area contributed by atoms with Gasteiger partial charge in [0, 0.05) is 42.7 Å². The number of amides is 1. The molecule has 5 rings (SSSR count). The topological polar surface area (TPSA) is 62.5 Å². The summed E-state index contributed by atoms with van der Waals surface area (Å²) in [7, 11) is 0. The van der Waals surface area contributed by atoms with Crippen LogP contribution < -0.4 is 5.32 Å². The highest BCUT2D eigenvalue weighted by atomic mass is 79.9. The zero-order valence-electron chi connectivity index (χ0n) is 17.2. The van der Waals surface area contributed by atoms with Crippen LogP contribution >= 0.6 is 27.5 Å². The average Bonchev–Trinajstić information content (AvgIpc) is 3.52. The molecule has 2 aromatic heterocycles. The number of carbonyl (C=O) groups is 1. The number of fused-ring (bicyclic) bond motifs is 1. The fourth-order valence-corrected chi connectivity index (χ4v) is 4.78. The van der Waals surface area contributed by atoms with Crippen molar-refractivity contribution in [2.24, 2.45) is 11.8 Å². The third-order valence-corrected chi connectivity index (χ3v) is 7.17. The summed E-state index contributed by atoms with van der Waals surface area (Å²) in [6.07, 6.45) is 7.01. The number of rotatable bonds is 6. The molecule has 162 valence electrons. The molecule has 2 fully saturated rings. The molecule has 0 spiro atoms. The van der Waals surface area contributed by atoms with E-state index in [2.05, 4.69) is 31.2 Å². The van der Waals surface area contributed by atoms with Crippen molar-refractivity contribution in [2.45, 2.75) is 32.1 Å². The van der Waals surface area contributed by atoms with Gasteiger partial charge in [-0.1, -0.05) is 29.8 Å². The van der Waals surface area contributed by atoms with E-state index in [0.717, 1.165) is 66.1 Å². The van der Waals surface area contributed by atoms with Crippen LogP contribution in [-0.2, 0) is 4.79 Å². The average molecular weight is 503 g/mol. The quantitative estimate of drug-likeness (QED) is 0.499. The lowest BCUT2D eigenvalue weighted by molar-refractivity contribution is -0.132. The van der Waals surface area contributed by atoms with Gasteiger partial charge in [-0.3, -0.25) is 4.79 Å². The number of anilines is 1. The van der Waals surface area contributed by atoms with Crippen molar-refractivity contribution in [3.63, 3.8) is 0 Å². The molecule has 3 aromatic rings. The van der Waals surface area contributed by atoms with Crippen molar-refractivity contribution < 1.29 is 4.79 Å². The van der Waals surface area contributed by atoms with Crippen molar-refractivity contribution in [3.05, 3.63) is 46.0 Å². The number of halogens is 2. The Kier molecular flexibility index (Phi) is 5.89. The molecule has 8 heteroatoms. The second-order valence-electron chi connectivity index (χ2n) is 8.59. The van der Waals surface area contributed by atoms with Crippen LogP contribution in [0.5, 0.6) is 0 Å². The lowest BCUT2D eigenvalue weighted by atomic mass is 9.96. The third-order valence-electron chi connectivity index (χ3n) is 6.28. The Hall–Kier alpha value is -2.12. The third kappa shape index (κ3) is 4.58. The summed E-state index contributed by atoms with van der Waals surface area (Å²) in [5.74, 6) is 2.41. The van der Waals surface area contributed by atoms with Crippen LogP contribution in [0.15, 0.2) is 41.0 Å². The Balaban J connectivity index is 1.29. The summed E-state index contributed by atoms with van der Waals surface area (Å²) >= 11 is 9.97. The van der Waals surface area contributed by atoms with Crippen LogP contribution in [0.4, 0.5) is 5.82 Å². The first-order valence-corrected chi connectivity index (χ1v) is 12.1. The number of hydrogen-bond acceptors (Lipinski definition) is 4. The van der Waals surface area contributed by atoms with Gasteiger partial charge in [0.1, 0.15) is 5.82 Å². The molecule has 6 nitrogen and oxygen atoms in total. The smallest absolute Gasteiger partial charge is 0.222 e. The summed E-state index contributed by atoms with van der Waals surface area (Å²) in [6, 6.07) is 9.73. The fourth-order valence-electron chi connectivity index (χ4n) is 4.20. The lowest BCUT2D eigenvalue weighted by Crippen LogP contribution is -2.40. The van der Waals surface area contributed by atoms with Crippen LogP contribution in [0.3, 0.4) is 0 Å². The number of likely N-dealkylation sites (tertiary alicyclic amines) is 1. The Bertz CT molecular complexity index is 1100. The van der Waals surface area contributed by atoms with Crippen LogP contribution in [0.1, 0.15) is 32.1 Å². The molecule has 0 radical (unpaired) electrons. The summed E-state index contributed by atoms with van der Waals surface area (Å²) in [5.41, 5.74) is 2.45. The SMILES string of the molecule is O=C(CC1CC1)N1CCC(CNc2cc(-c3ccccc3Cl)nc3c(Br)cnn23)CC1. The maximum Gasteiger partial charge on any atom is 0.222 e. The van der Waals surface area contributed by atoms with E-state index in [1.807, 2.05) is 34.8 Å². The zero-order valence-corrected chi connectivity index (χ0v) is 19.6. The molecule has 1 aliphatic heterocycles. The van der Waals surface area contributed by atoms with E-state index < -0.39 is 0 Å². The fraction of sp³-hybridized carbons (Fsp3) is 0.435. The highest BCUT2D eigenvalue weighted by Crippen LogP contribution is 2.34.